The Bertz CT molecular complexity index is 1080. The molecule has 4 nitrogen and oxygen atoms in total. The number of rotatable bonds is 4. The molecule has 0 unspecified atom stereocenters. The van der Waals surface area contributed by atoms with Crippen LogP contribution < -0.4 is 5.56 Å². The second-order valence-electron chi connectivity index (χ2n) is 5.44. The van der Waals surface area contributed by atoms with Crippen LogP contribution in [0.5, 0.6) is 0 Å². The Morgan fingerprint density at radius 2 is 1.74 bits per heavy atom. The smallest absolute Gasteiger partial charge is 0.255 e. The van der Waals surface area contributed by atoms with Gasteiger partial charge in [0.2, 0.25) is 0 Å². The van der Waals surface area contributed by atoms with Crippen molar-refractivity contribution in [1.82, 2.24) is 4.57 Å². The van der Waals surface area contributed by atoms with Gasteiger partial charge in [-0.3, -0.25) is 9.36 Å². The first-order valence-corrected chi connectivity index (χ1v) is 8.80. The molecule has 0 fully saturated rings. The Morgan fingerprint density at radius 1 is 1.04 bits per heavy atom. The van der Waals surface area contributed by atoms with Crippen LogP contribution in [-0.2, 0) is 4.84 Å². The minimum Gasteiger partial charge on any atom is -0.399 e. The van der Waals surface area contributed by atoms with E-state index < -0.39 is 5.82 Å². The van der Waals surface area contributed by atoms with E-state index in [1.165, 1.54) is 42.1 Å². The van der Waals surface area contributed by atoms with Crippen LogP contribution in [0.3, 0.4) is 0 Å². The maximum Gasteiger partial charge on any atom is 0.255 e. The maximum absolute atomic E-state index is 13.4. The lowest BCUT2D eigenvalue weighted by atomic mass is 10.0. The summed E-state index contributed by atoms with van der Waals surface area (Å²) in [6.45, 7) is 0. The molecule has 0 amide bonds. The molecule has 0 saturated carbocycles. The SMILES string of the molecule is CON=C(c1ccc(=O)n(-c2c(Cl)cccc2Cl)c1)c1ccc(F)cc1Cl. The van der Waals surface area contributed by atoms with E-state index in [0.29, 0.717) is 32.6 Å². The molecule has 138 valence electrons. The van der Waals surface area contributed by atoms with E-state index in [1.807, 2.05) is 0 Å². The molecule has 27 heavy (non-hydrogen) atoms. The van der Waals surface area contributed by atoms with E-state index >= 15 is 0 Å². The van der Waals surface area contributed by atoms with Crippen molar-refractivity contribution in [2.45, 2.75) is 0 Å². The van der Waals surface area contributed by atoms with Crippen molar-refractivity contribution >= 4 is 40.5 Å². The fourth-order valence-electron chi connectivity index (χ4n) is 2.55. The van der Waals surface area contributed by atoms with Gasteiger partial charge in [-0.2, -0.15) is 0 Å². The van der Waals surface area contributed by atoms with Crippen molar-refractivity contribution in [3.05, 3.63) is 97.1 Å². The molecule has 3 rings (SSSR count). The zero-order chi connectivity index (χ0) is 19.6. The summed E-state index contributed by atoms with van der Waals surface area (Å²) in [7, 11) is 1.37. The van der Waals surface area contributed by atoms with Crippen LogP contribution in [0.25, 0.3) is 5.69 Å². The van der Waals surface area contributed by atoms with Gasteiger partial charge in [0.1, 0.15) is 18.6 Å². The van der Waals surface area contributed by atoms with Gasteiger partial charge in [-0.15, -0.1) is 0 Å². The number of halogens is 4. The molecule has 0 aliphatic heterocycles. The topological polar surface area (TPSA) is 43.6 Å². The van der Waals surface area contributed by atoms with Crippen molar-refractivity contribution < 1.29 is 9.23 Å². The third-order valence-electron chi connectivity index (χ3n) is 3.73. The molecule has 0 aliphatic carbocycles. The average Bonchev–Trinajstić information content (AvgIpc) is 2.62. The van der Waals surface area contributed by atoms with Crippen LogP contribution in [0.4, 0.5) is 4.39 Å². The van der Waals surface area contributed by atoms with Crippen LogP contribution in [0, 0.1) is 5.82 Å². The lowest BCUT2D eigenvalue weighted by Crippen LogP contribution is -2.20. The molecule has 3 aromatic rings. The fourth-order valence-corrected chi connectivity index (χ4v) is 3.39. The molecule has 2 aromatic carbocycles. The van der Waals surface area contributed by atoms with E-state index in [-0.39, 0.29) is 10.6 Å². The average molecular weight is 426 g/mol. The third-order valence-corrected chi connectivity index (χ3v) is 4.65. The highest BCUT2D eigenvalue weighted by Crippen LogP contribution is 2.28. The van der Waals surface area contributed by atoms with Gasteiger partial charge in [-0.1, -0.05) is 46.0 Å². The molecule has 0 bridgehead atoms. The summed E-state index contributed by atoms with van der Waals surface area (Å²) in [6, 6.07) is 11.7. The highest BCUT2D eigenvalue weighted by Gasteiger charge is 2.16. The van der Waals surface area contributed by atoms with Gasteiger partial charge >= 0.3 is 0 Å². The third kappa shape index (κ3) is 4.00. The number of aromatic nitrogens is 1. The Balaban J connectivity index is 2.22. The van der Waals surface area contributed by atoms with E-state index in [9.17, 15) is 9.18 Å². The fraction of sp³-hybridized carbons (Fsp3) is 0.0526. The predicted molar refractivity (Wildman–Crippen MR) is 106 cm³/mol. The second-order valence-corrected chi connectivity index (χ2v) is 6.66. The van der Waals surface area contributed by atoms with Crippen LogP contribution in [-0.4, -0.2) is 17.4 Å². The molecule has 0 aliphatic rings. The van der Waals surface area contributed by atoms with Crippen molar-refractivity contribution in [3.63, 3.8) is 0 Å². The predicted octanol–water partition coefficient (Wildman–Crippen LogP) is 5.34. The zero-order valence-electron chi connectivity index (χ0n) is 13.9. The largest absolute Gasteiger partial charge is 0.399 e. The van der Waals surface area contributed by atoms with Crippen molar-refractivity contribution in [3.8, 4) is 5.69 Å². The van der Waals surface area contributed by atoms with E-state index in [0.717, 1.165) is 0 Å². The molecule has 0 N–H and O–H groups in total. The van der Waals surface area contributed by atoms with Crippen LogP contribution in [0.2, 0.25) is 15.1 Å². The van der Waals surface area contributed by atoms with Crippen LogP contribution >= 0.6 is 34.8 Å². The van der Waals surface area contributed by atoms with Gasteiger partial charge in [0.15, 0.2) is 0 Å². The number of benzene rings is 2. The standard InChI is InChI=1S/C19H12Cl3FN2O2/c1-27-24-18(13-7-6-12(23)9-16(13)22)11-5-8-17(26)25(10-11)19-14(20)3-2-4-15(19)21/h2-10H,1H3. The van der Waals surface area contributed by atoms with Crippen LogP contribution in [0.1, 0.15) is 11.1 Å². The van der Waals surface area contributed by atoms with Gasteiger partial charge in [0, 0.05) is 23.4 Å². The first-order valence-electron chi connectivity index (χ1n) is 7.66. The Labute approximate surface area is 169 Å². The Kier molecular flexibility index (Phi) is 5.85. The van der Waals surface area contributed by atoms with Crippen molar-refractivity contribution in [2.24, 2.45) is 5.16 Å². The van der Waals surface area contributed by atoms with Gasteiger partial charge in [-0.05, 0) is 36.4 Å². The number of hydrogen-bond acceptors (Lipinski definition) is 3. The summed E-state index contributed by atoms with van der Waals surface area (Å²) in [5, 5.41) is 4.77. The summed E-state index contributed by atoms with van der Waals surface area (Å²) < 4.78 is 14.7. The second kappa shape index (κ2) is 8.13. The number of hydrogen-bond donors (Lipinski definition) is 0. The van der Waals surface area contributed by atoms with E-state index in [1.54, 1.807) is 24.3 Å². The summed E-state index contributed by atoms with van der Waals surface area (Å²) in [6.07, 6.45) is 1.52. The summed E-state index contributed by atoms with van der Waals surface area (Å²) >= 11 is 18.6. The van der Waals surface area contributed by atoms with Crippen molar-refractivity contribution in [1.29, 1.82) is 0 Å². The van der Waals surface area contributed by atoms with Crippen molar-refractivity contribution in [2.75, 3.05) is 7.11 Å². The molecule has 0 atom stereocenters. The minimum absolute atomic E-state index is 0.152. The summed E-state index contributed by atoms with van der Waals surface area (Å²) in [5.41, 5.74) is 1.26. The number of para-hydroxylation sites is 1. The molecule has 0 saturated heterocycles. The normalized spacial score (nSPS) is 11.5. The van der Waals surface area contributed by atoms with Gasteiger partial charge in [-0.25, -0.2) is 4.39 Å². The first-order chi connectivity index (χ1) is 12.9. The first kappa shape index (κ1) is 19.4. The maximum atomic E-state index is 13.4. The zero-order valence-corrected chi connectivity index (χ0v) is 16.2. The number of oxime groups is 1. The molecule has 0 spiro atoms. The summed E-state index contributed by atoms with van der Waals surface area (Å²) in [4.78, 5) is 17.3. The number of pyridine rings is 1. The monoisotopic (exact) mass is 424 g/mol. The lowest BCUT2D eigenvalue weighted by Gasteiger charge is -2.13. The van der Waals surface area contributed by atoms with Gasteiger partial charge in [0.05, 0.1) is 20.8 Å². The molecular formula is C19H12Cl3FN2O2. The molecule has 1 aromatic heterocycles. The van der Waals surface area contributed by atoms with E-state index in [2.05, 4.69) is 5.16 Å². The van der Waals surface area contributed by atoms with E-state index in [4.69, 9.17) is 39.6 Å². The Morgan fingerprint density at radius 3 is 2.37 bits per heavy atom. The molecular weight excluding hydrogens is 414 g/mol. The highest BCUT2D eigenvalue weighted by atomic mass is 35.5. The molecule has 8 heteroatoms. The van der Waals surface area contributed by atoms with Crippen LogP contribution in [0.15, 0.2) is 64.7 Å². The quantitative estimate of drug-likeness (QED) is 0.418. The summed E-state index contributed by atoms with van der Waals surface area (Å²) in [5.74, 6) is -0.478. The highest BCUT2D eigenvalue weighted by molar-refractivity contribution is 6.38. The number of nitrogens with zero attached hydrogens (tertiary/aromatic N) is 2. The Hall–Kier alpha value is -2.34. The minimum atomic E-state index is -0.478. The molecule has 0 radical (unpaired) electrons. The molecule has 1 heterocycles. The lowest BCUT2D eigenvalue weighted by molar-refractivity contribution is 0.214. The van der Waals surface area contributed by atoms with Gasteiger partial charge < -0.3 is 4.84 Å². The van der Waals surface area contributed by atoms with Gasteiger partial charge in [0.25, 0.3) is 5.56 Å².